The van der Waals surface area contributed by atoms with Gasteiger partial charge in [-0.1, -0.05) is 12.1 Å². The van der Waals surface area contributed by atoms with Crippen molar-refractivity contribution in [2.75, 3.05) is 31.3 Å². The molecule has 1 saturated heterocycles. The SMILES string of the molecule is O=C1CCN(C(=O)C2COCCO2)c2ccccc21. The fourth-order valence-electron chi connectivity index (χ4n) is 2.45. The van der Waals surface area contributed by atoms with Gasteiger partial charge in [0.15, 0.2) is 11.9 Å². The number of nitrogens with zero attached hydrogens (tertiary/aromatic N) is 1. The molecule has 0 saturated carbocycles. The van der Waals surface area contributed by atoms with Crippen molar-refractivity contribution in [2.45, 2.75) is 12.5 Å². The summed E-state index contributed by atoms with van der Waals surface area (Å²) in [6, 6.07) is 7.20. The largest absolute Gasteiger partial charge is 0.376 e. The summed E-state index contributed by atoms with van der Waals surface area (Å²) in [5.41, 5.74) is 1.29. The second-order valence-corrected chi connectivity index (χ2v) is 4.61. The normalized spacial score (nSPS) is 23.1. The maximum Gasteiger partial charge on any atom is 0.258 e. The van der Waals surface area contributed by atoms with Gasteiger partial charge in [0.05, 0.1) is 25.5 Å². The number of carbonyl (C=O) groups excluding carboxylic acids is 2. The summed E-state index contributed by atoms with van der Waals surface area (Å²) < 4.78 is 10.7. The highest BCUT2D eigenvalue weighted by molar-refractivity contribution is 6.09. The van der Waals surface area contributed by atoms with E-state index in [4.69, 9.17) is 9.47 Å². The topological polar surface area (TPSA) is 55.8 Å². The van der Waals surface area contributed by atoms with Gasteiger partial charge in [-0.2, -0.15) is 0 Å². The second-order valence-electron chi connectivity index (χ2n) is 4.61. The molecule has 5 nitrogen and oxygen atoms in total. The summed E-state index contributed by atoms with van der Waals surface area (Å²) in [5, 5.41) is 0. The molecule has 0 spiro atoms. The molecule has 3 rings (SSSR count). The van der Waals surface area contributed by atoms with Crippen LogP contribution in [0.2, 0.25) is 0 Å². The monoisotopic (exact) mass is 261 g/mol. The molecule has 0 bridgehead atoms. The van der Waals surface area contributed by atoms with Crippen LogP contribution in [0.3, 0.4) is 0 Å². The number of ketones is 1. The highest BCUT2D eigenvalue weighted by Crippen LogP contribution is 2.27. The molecule has 2 aliphatic rings. The Labute approximate surface area is 111 Å². The molecule has 0 N–H and O–H groups in total. The second kappa shape index (κ2) is 5.11. The molecule has 1 amide bonds. The minimum Gasteiger partial charge on any atom is -0.376 e. The van der Waals surface area contributed by atoms with E-state index in [1.165, 1.54) is 0 Å². The Balaban J connectivity index is 1.87. The van der Waals surface area contributed by atoms with E-state index in [2.05, 4.69) is 0 Å². The molecular formula is C14H15NO4. The molecule has 2 heterocycles. The highest BCUT2D eigenvalue weighted by Gasteiger charge is 2.32. The van der Waals surface area contributed by atoms with Gasteiger partial charge in [-0.25, -0.2) is 0 Å². The molecule has 19 heavy (non-hydrogen) atoms. The van der Waals surface area contributed by atoms with Gasteiger partial charge in [0, 0.05) is 18.5 Å². The molecule has 0 radical (unpaired) electrons. The van der Waals surface area contributed by atoms with Crippen LogP contribution in [0, 0.1) is 0 Å². The van der Waals surface area contributed by atoms with Crippen molar-refractivity contribution in [1.29, 1.82) is 0 Å². The lowest BCUT2D eigenvalue weighted by atomic mass is 10.00. The molecule has 1 fully saturated rings. The number of ether oxygens (including phenoxy) is 2. The third-order valence-electron chi connectivity index (χ3n) is 3.42. The number of para-hydroxylation sites is 1. The molecule has 0 aliphatic carbocycles. The number of hydrogen-bond acceptors (Lipinski definition) is 4. The van der Waals surface area contributed by atoms with Crippen LogP contribution in [0.5, 0.6) is 0 Å². The molecule has 1 atom stereocenters. The van der Waals surface area contributed by atoms with E-state index < -0.39 is 6.10 Å². The van der Waals surface area contributed by atoms with E-state index >= 15 is 0 Å². The first-order chi connectivity index (χ1) is 9.27. The van der Waals surface area contributed by atoms with Crippen LogP contribution in [0.4, 0.5) is 5.69 Å². The zero-order valence-corrected chi connectivity index (χ0v) is 10.5. The van der Waals surface area contributed by atoms with Gasteiger partial charge in [0.25, 0.3) is 5.91 Å². The van der Waals surface area contributed by atoms with Gasteiger partial charge < -0.3 is 14.4 Å². The molecule has 5 heteroatoms. The van der Waals surface area contributed by atoms with Crippen LogP contribution in [-0.4, -0.2) is 44.2 Å². The van der Waals surface area contributed by atoms with Crippen molar-refractivity contribution >= 4 is 17.4 Å². The van der Waals surface area contributed by atoms with E-state index in [1.807, 2.05) is 12.1 Å². The van der Waals surface area contributed by atoms with Crippen LogP contribution >= 0.6 is 0 Å². The lowest BCUT2D eigenvalue weighted by Crippen LogP contribution is -2.47. The summed E-state index contributed by atoms with van der Waals surface area (Å²) in [6.45, 7) is 1.66. The Bertz CT molecular complexity index is 508. The van der Waals surface area contributed by atoms with Gasteiger partial charge in [-0.05, 0) is 12.1 Å². The van der Waals surface area contributed by atoms with Crippen LogP contribution in [0.15, 0.2) is 24.3 Å². The molecule has 100 valence electrons. The summed E-state index contributed by atoms with van der Waals surface area (Å²) in [5.74, 6) is -0.0416. The zero-order chi connectivity index (χ0) is 13.2. The first kappa shape index (κ1) is 12.3. The zero-order valence-electron chi connectivity index (χ0n) is 10.5. The predicted molar refractivity (Wildman–Crippen MR) is 68.3 cm³/mol. The number of carbonyl (C=O) groups is 2. The molecule has 0 aromatic heterocycles. The van der Waals surface area contributed by atoms with Crippen molar-refractivity contribution in [2.24, 2.45) is 0 Å². The molecular weight excluding hydrogens is 246 g/mol. The summed E-state index contributed by atoms with van der Waals surface area (Å²) in [7, 11) is 0. The Hall–Kier alpha value is -1.72. The Morgan fingerprint density at radius 2 is 2.11 bits per heavy atom. The smallest absolute Gasteiger partial charge is 0.258 e. The maximum atomic E-state index is 12.4. The minimum absolute atomic E-state index is 0.0838. The van der Waals surface area contributed by atoms with Gasteiger partial charge in [-0.15, -0.1) is 0 Å². The minimum atomic E-state index is -0.560. The van der Waals surface area contributed by atoms with Crippen LogP contribution < -0.4 is 4.90 Å². The number of fused-ring (bicyclic) bond motifs is 1. The first-order valence-electron chi connectivity index (χ1n) is 6.40. The van der Waals surface area contributed by atoms with Gasteiger partial charge in [0.1, 0.15) is 0 Å². The number of hydrogen-bond donors (Lipinski definition) is 0. The van der Waals surface area contributed by atoms with E-state index in [0.717, 1.165) is 0 Å². The number of rotatable bonds is 1. The van der Waals surface area contributed by atoms with Gasteiger partial charge >= 0.3 is 0 Å². The third-order valence-corrected chi connectivity index (χ3v) is 3.42. The fraction of sp³-hybridized carbons (Fsp3) is 0.429. The average Bonchev–Trinajstić information content (AvgIpc) is 2.48. The first-order valence-corrected chi connectivity index (χ1v) is 6.40. The van der Waals surface area contributed by atoms with Gasteiger partial charge in [-0.3, -0.25) is 9.59 Å². The van der Waals surface area contributed by atoms with Crippen molar-refractivity contribution < 1.29 is 19.1 Å². The van der Waals surface area contributed by atoms with Crippen molar-refractivity contribution in [3.63, 3.8) is 0 Å². The number of anilines is 1. The molecule has 1 aromatic rings. The fourth-order valence-corrected chi connectivity index (χ4v) is 2.45. The number of amides is 1. The number of Topliss-reactive ketones (excluding diaryl/α,β-unsaturated/α-hetero) is 1. The lowest BCUT2D eigenvalue weighted by molar-refractivity contribution is -0.144. The Kier molecular flexibility index (Phi) is 3.31. The Morgan fingerprint density at radius 1 is 1.26 bits per heavy atom. The van der Waals surface area contributed by atoms with E-state index in [9.17, 15) is 9.59 Å². The molecule has 1 unspecified atom stereocenters. The van der Waals surface area contributed by atoms with E-state index in [1.54, 1.807) is 17.0 Å². The van der Waals surface area contributed by atoms with Crippen molar-refractivity contribution in [3.8, 4) is 0 Å². The van der Waals surface area contributed by atoms with Crippen molar-refractivity contribution in [3.05, 3.63) is 29.8 Å². The highest BCUT2D eigenvalue weighted by atomic mass is 16.6. The van der Waals surface area contributed by atoms with Crippen LogP contribution in [0.25, 0.3) is 0 Å². The summed E-state index contributed by atoms with van der Waals surface area (Å²) >= 11 is 0. The maximum absolute atomic E-state index is 12.4. The van der Waals surface area contributed by atoms with Crippen molar-refractivity contribution in [1.82, 2.24) is 0 Å². The number of benzene rings is 1. The average molecular weight is 261 g/mol. The standard InChI is InChI=1S/C14H15NO4/c16-12-5-6-15(11-4-2-1-3-10(11)12)14(17)13-9-18-7-8-19-13/h1-4,13H,5-9H2. The van der Waals surface area contributed by atoms with E-state index in [0.29, 0.717) is 37.4 Å². The predicted octanol–water partition coefficient (Wildman–Crippen LogP) is 1.02. The van der Waals surface area contributed by atoms with Gasteiger partial charge in [0.2, 0.25) is 0 Å². The molecule has 1 aromatic carbocycles. The van der Waals surface area contributed by atoms with E-state index in [-0.39, 0.29) is 18.3 Å². The van der Waals surface area contributed by atoms with Crippen LogP contribution in [-0.2, 0) is 14.3 Å². The summed E-state index contributed by atoms with van der Waals surface area (Å²) in [6.07, 6.45) is -0.203. The Morgan fingerprint density at radius 3 is 2.89 bits per heavy atom. The van der Waals surface area contributed by atoms with Crippen LogP contribution in [0.1, 0.15) is 16.8 Å². The quantitative estimate of drug-likeness (QED) is 0.757. The third kappa shape index (κ3) is 2.27. The summed E-state index contributed by atoms with van der Waals surface area (Å²) in [4.78, 5) is 25.9. The lowest BCUT2D eigenvalue weighted by Gasteiger charge is -2.32. The molecule has 2 aliphatic heterocycles.